The summed E-state index contributed by atoms with van der Waals surface area (Å²) in [5.41, 5.74) is 0.502. The third kappa shape index (κ3) is 4.12. The van der Waals surface area contributed by atoms with E-state index in [0.29, 0.717) is 5.01 Å². The molecule has 11 heteroatoms. The molecule has 3 aromatic rings. The van der Waals surface area contributed by atoms with Crippen LogP contribution in [0.5, 0.6) is 0 Å². The molecule has 28 heavy (non-hydrogen) atoms. The summed E-state index contributed by atoms with van der Waals surface area (Å²) in [6, 6.07) is 5.04. The van der Waals surface area contributed by atoms with Gasteiger partial charge in [-0.2, -0.15) is 15.6 Å². The molecule has 2 heterocycles. The summed E-state index contributed by atoms with van der Waals surface area (Å²) in [4.78, 5) is 12.4. The average Bonchev–Trinajstić information content (AvgIpc) is 3.34. The number of sulfonamides is 1. The highest BCUT2D eigenvalue weighted by molar-refractivity contribution is 7.89. The minimum Gasteiger partial charge on any atom is -0.296 e. The molecule has 0 aliphatic rings. The molecular formula is C17H17FN4O3S3. The molecule has 0 aliphatic carbocycles. The van der Waals surface area contributed by atoms with Gasteiger partial charge in [0.1, 0.15) is 10.8 Å². The van der Waals surface area contributed by atoms with Crippen LogP contribution in [0.4, 0.5) is 9.52 Å². The van der Waals surface area contributed by atoms with Crippen LogP contribution in [0.2, 0.25) is 0 Å². The van der Waals surface area contributed by atoms with Gasteiger partial charge in [0.15, 0.2) is 0 Å². The minimum absolute atomic E-state index is 0.140. The summed E-state index contributed by atoms with van der Waals surface area (Å²) < 4.78 is 40.7. The zero-order valence-electron chi connectivity index (χ0n) is 15.0. The van der Waals surface area contributed by atoms with Crippen LogP contribution in [-0.4, -0.2) is 41.9 Å². The number of hydrogen-bond donors (Lipinski definition) is 1. The maximum atomic E-state index is 14.2. The summed E-state index contributed by atoms with van der Waals surface area (Å²) >= 11 is 2.65. The van der Waals surface area contributed by atoms with Crippen molar-refractivity contribution in [2.24, 2.45) is 0 Å². The Hall–Kier alpha value is -2.21. The number of amides is 1. The van der Waals surface area contributed by atoms with Crippen molar-refractivity contribution in [3.05, 3.63) is 46.4 Å². The molecule has 0 unspecified atom stereocenters. The number of nitrogens with zero attached hydrogens (tertiary/aromatic N) is 3. The van der Waals surface area contributed by atoms with Crippen molar-refractivity contribution in [1.82, 2.24) is 14.5 Å². The summed E-state index contributed by atoms with van der Waals surface area (Å²) in [5.74, 6) is -1.61. The van der Waals surface area contributed by atoms with Gasteiger partial charge in [-0.15, -0.1) is 10.2 Å². The molecule has 0 saturated heterocycles. The number of aromatic nitrogens is 2. The van der Waals surface area contributed by atoms with Gasteiger partial charge < -0.3 is 0 Å². The lowest BCUT2D eigenvalue weighted by molar-refractivity contribution is 0.102. The number of thiophene rings is 1. The Bertz CT molecular complexity index is 1080. The molecule has 0 radical (unpaired) electrons. The molecule has 0 saturated carbocycles. The second-order valence-corrected chi connectivity index (χ2v) is 9.30. The predicted molar refractivity (Wildman–Crippen MR) is 108 cm³/mol. The summed E-state index contributed by atoms with van der Waals surface area (Å²) in [6.45, 7) is 3.96. The fraction of sp³-hybridized carbons (Fsp3) is 0.235. The predicted octanol–water partition coefficient (Wildman–Crippen LogP) is 3.69. The smallest absolute Gasteiger partial charge is 0.260 e. The molecule has 7 nitrogen and oxygen atoms in total. The Morgan fingerprint density at radius 3 is 2.61 bits per heavy atom. The Morgan fingerprint density at radius 2 is 1.96 bits per heavy atom. The number of nitrogens with one attached hydrogen (secondary N) is 1. The van der Waals surface area contributed by atoms with Crippen molar-refractivity contribution < 1.29 is 17.6 Å². The van der Waals surface area contributed by atoms with E-state index in [1.807, 2.05) is 16.8 Å². The van der Waals surface area contributed by atoms with E-state index in [2.05, 4.69) is 15.5 Å². The summed E-state index contributed by atoms with van der Waals surface area (Å²) in [7, 11) is -3.81. The van der Waals surface area contributed by atoms with Crippen LogP contribution in [0.15, 0.2) is 39.9 Å². The number of rotatable bonds is 7. The van der Waals surface area contributed by atoms with E-state index in [-0.39, 0.29) is 28.7 Å². The van der Waals surface area contributed by atoms with Crippen molar-refractivity contribution in [3.63, 3.8) is 0 Å². The standard InChI is InChI=1S/C17H17FN4O3S3/c1-3-22(4-2)28(24,25)12-5-6-14(18)13(9-12)15(23)19-17-21-20-16(27-17)11-7-8-26-10-11/h5-10H,3-4H2,1-2H3,(H,19,21,23). The highest BCUT2D eigenvalue weighted by Gasteiger charge is 2.24. The van der Waals surface area contributed by atoms with Crippen LogP contribution in [0, 0.1) is 5.82 Å². The normalized spacial score (nSPS) is 11.7. The number of hydrogen-bond acceptors (Lipinski definition) is 7. The number of carbonyl (C=O) groups excluding carboxylic acids is 1. The van der Waals surface area contributed by atoms with Crippen LogP contribution in [0.1, 0.15) is 24.2 Å². The van der Waals surface area contributed by atoms with Crippen LogP contribution < -0.4 is 5.32 Å². The minimum atomic E-state index is -3.81. The van der Waals surface area contributed by atoms with Gasteiger partial charge in [0.2, 0.25) is 15.2 Å². The molecule has 0 aliphatic heterocycles. The number of anilines is 1. The molecule has 148 valence electrons. The van der Waals surface area contributed by atoms with Gasteiger partial charge in [-0.05, 0) is 29.6 Å². The van der Waals surface area contributed by atoms with Crippen molar-refractivity contribution >= 4 is 43.7 Å². The van der Waals surface area contributed by atoms with Crippen molar-refractivity contribution in [2.75, 3.05) is 18.4 Å². The van der Waals surface area contributed by atoms with Crippen LogP contribution in [0.25, 0.3) is 10.6 Å². The van der Waals surface area contributed by atoms with E-state index in [0.717, 1.165) is 35.1 Å². The molecule has 3 rings (SSSR count). The first-order valence-corrected chi connectivity index (χ1v) is 11.5. The maximum absolute atomic E-state index is 14.2. The maximum Gasteiger partial charge on any atom is 0.260 e. The zero-order chi connectivity index (χ0) is 20.3. The van der Waals surface area contributed by atoms with Gasteiger partial charge >= 0.3 is 0 Å². The highest BCUT2D eigenvalue weighted by Crippen LogP contribution is 2.28. The molecule has 0 fully saturated rings. The van der Waals surface area contributed by atoms with E-state index < -0.39 is 21.7 Å². The van der Waals surface area contributed by atoms with E-state index >= 15 is 0 Å². The molecule has 1 amide bonds. The first kappa shape index (κ1) is 20.5. The van der Waals surface area contributed by atoms with Crippen LogP contribution in [0.3, 0.4) is 0 Å². The molecule has 0 bridgehead atoms. The average molecular weight is 441 g/mol. The highest BCUT2D eigenvalue weighted by atomic mass is 32.2. The van der Waals surface area contributed by atoms with Gasteiger partial charge in [0.05, 0.1) is 10.5 Å². The molecule has 1 aromatic carbocycles. The van der Waals surface area contributed by atoms with Crippen LogP contribution in [-0.2, 0) is 10.0 Å². The lowest BCUT2D eigenvalue weighted by Crippen LogP contribution is -2.31. The largest absolute Gasteiger partial charge is 0.296 e. The third-order valence-corrected chi connectivity index (χ3v) is 7.56. The quantitative estimate of drug-likeness (QED) is 0.605. The third-order valence-electron chi connectivity index (χ3n) is 3.94. The van der Waals surface area contributed by atoms with Gasteiger partial charge in [0, 0.05) is 24.0 Å². The lowest BCUT2D eigenvalue weighted by Gasteiger charge is -2.18. The summed E-state index contributed by atoms with van der Waals surface area (Å²) in [5, 5.41) is 15.0. The fourth-order valence-corrected chi connectivity index (χ4v) is 5.43. The first-order chi connectivity index (χ1) is 13.4. The molecular weight excluding hydrogens is 423 g/mol. The van der Waals surface area contributed by atoms with E-state index in [4.69, 9.17) is 0 Å². The second kappa shape index (κ2) is 8.43. The van der Waals surface area contributed by atoms with E-state index in [1.54, 1.807) is 13.8 Å². The number of benzene rings is 1. The van der Waals surface area contributed by atoms with E-state index in [1.165, 1.54) is 15.6 Å². The molecule has 0 spiro atoms. The fourth-order valence-electron chi connectivity index (χ4n) is 2.49. The van der Waals surface area contributed by atoms with Crippen molar-refractivity contribution in [2.45, 2.75) is 18.7 Å². The number of halogens is 1. The second-order valence-electron chi connectivity index (χ2n) is 5.61. The van der Waals surface area contributed by atoms with Gasteiger partial charge in [-0.1, -0.05) is 25.2 Å². The molecule has 0 atom stereocenters. The molecule has 2 aromatic heterocycles. The first-order valence-electron chi connectivity index (χ1n) is 8.34. The van der Waals surface area contributed by atoms with Crippen molar-refractivity contribution in [1.29, 1.82) is 0 Å². The van der Waals surface area contributed by atoms with E-state index in [9.17, 15) is 17.6 Å². The molecule has 1 N–H and O–H groups in total. The van der Waals surface area contributed by atoms with Crippen molar-refractivity contribution in [3.8, 4) is 10.6 Å². The van der Waals surface area contributed by atoms with Gasteiger partial charge in [-0.25, -0.2) is 12.8 Å². The zero-order valence-corrected chi connectivity index (χ0v) is 17.5. The Labute approximate surface area is 169 Å². The topological polar surface area (TPSA) is 92.3 Å². The monoisotopic (exact) mass is 440 g/mol. The Kier molecular flexibility index (Phi) is 6.18. The Balaban J connectivity index is 1.86. The SMILES string of the molecule is CCN(CC)S(=O)(=O)c1ccc(F)c(C(=O)Nc2nnc(-c3ccsc3)s2)c1. The number of carbonyl (C=O) groups is 1. The Morgan fingerprint density at radius 1 is 1.21 bits per heavy atom. The van der Waals surface area contributed by atoms with Gasteiger partial charge in [-0.3, -0.25) is 10.1 Å². The van der Waals surface area contributed by atoms with Gasteiger partial charge in [0.25, 0.3) is 5.91 Å². The van der Waals surface area contributed by atoms with Crippen LogP contribution >= 0.6 is 22.7 Å². The summed E-state index contributed by atoms with van der Waals surface area (Å²) in [6.07, 6.45) is 0. The lowest BCUT2D eigenvalue weighted by atomic mass is 10.2.